The maximum atomic E-state index is 5.76. The summed E-state index contributed by atoms with van der Waals surface area (Å²) in [6.45, 7) is 0.443. The summed E-state index contributed by atoms with van der Waals surface area (Å²) in [5, 5.41) is 4.05. The van der Waals surface area contributed by atoms with E-state index in [4.69, 9.17) is 10.5 Å². The van der Waals surface area contributed by atoms with Crippen LogP contribution in [0.25, 0.3) is 0 Å². The van der Waals surface area contributed by atoms with Gasteiger partial charge in [0.15, 0.2) is 5.75 Å². The Kier molecular flexibility index (Phi) is 3.22. The molecule has 4 heteroatoms. The molecule has 16 heavy (non-hydrogen) atoms. The van der Waals surface area contributed by atoms with Crippen molar-refractivity contribution in [3.05, 3.63) is 48.3 Å². The summed E-state index contributed by atoms with van der Waals surface area (Å²) in [5.41, 5.74) is 6.78. The summed E-state index contributed by atoms with van der Waals surface area (Å²) in [6, 6.07) is 9.94. The maximum Gasteiger partial charge on any atom is 0.158 e. The highest BCUT2D eigenvalue weighted by molar-refractivity contribution is 5.21. The van der Waals surface area contributed by atoms with Crippen molar-refractivity contribution in [2.75, 3.05) is 6.54 Å². The van der Waals surface area contributed by atoms with E-state index in [9.17, 15) is 0 Å². The SMILES string of the molecule is Cn1cc(OC(CN)c2ccccc2)cn1. The summed E-state index contributed by atoms with van der Waals surface area (Å²) in [6.07, 6.45) is 3.39. The highest BCUT2D eigenvalue weighted by atomic mass is 16.5. The third kappa shape index (κ3) is 2.41. The number of benzene rings is 1. The lowest BCUT2D eigenvalue weighted by Gasteiger charge is -2.16. The number of nitrogens with zero attached hydrogens (tertiary/aromatic N) is 2. The summed E-state index contributed by atoms with van der Waals surface area (Å²) >= 11 is 0. The van der Waals surface area contributed by atoms with Crippen molar-refractivity contribution in [3.8, 4) is 5.75 Å². The van der Waals surface area contributed by atoms with Crippen molar-refractivity contribution in [1.82, 2.24) is 9.78 Å². The number of aryl methyl sites for hydroxylation is 1. The first-order valence-electron chi connectivity index (χ1n) is 5.20. The van der Waals surface area contributed by atoms with Gasteiger partial charge < -0.3 is 10.5 Å². The van der Waals surface area contributed by atoms with E-state index in [1.165, 1.54) is 0 Å². The predicted molar refractivity (Wildman–Crippen MR) is 62.1 cm³/mol. The summed E-state index contributed by atoms with van der Waals surface area (Å²) in [7, 11) is 1.85. The molecule has 0 saturated heterocycles. The van der Waals surface area contributed by atoms with E-state index in [0.29, 0.717) is 6.54 Å². The van der Waals surface area contributed by atoms with Crippen LogP contribution in [0.5, 0.6) is 5.75 Å². The van der Waals surface area contributed by atoms with Gasteiger partial charge in [-0.3, -0.25) is 4.68 Å². The minimum absolute atomic E-state index is 0.120. The van der Waals surface area contributed by atoms with Gasteiger partial charge in [-0.1, -0.05) is 30.3 Å². The van der Waals surface area contributed by atoms with Crippen LogP contribution in [-0.2, 0) is 7.05 Å². The van der Waals surface area contributed by atoms with Gasteiger partial charge in [0.1, 0.15) is 6.10 Å². The summed E-state index contributed by atoms with van der Waals surface area (Å²) < 4.78 is 7.46. The molecule has 0 spiro atoms. The smallest absolute Gasteiger partial charge is 0.158 e. The number of rotatable bonds is 4. The van der Waals surface area contributed by atoms with Crippen molar-refractivity contribution >= 4 is 0 Å². The van der Waals surface area contributed by atoms with Gasteiger partial charge in [-0.2, -0.15) is 5.10 Å². The van der Waals surface area contributed by atoms with Crippen LogP contribution in [-0.4, -0.2) is 16.3 Å². The number of hydrogen-bond acceptors (Lipinski definition) is 3. The van der Waals surface area contributed by atoms with Gasteiger partial charge in [0, 0.05) is 13.6 Å². The standard InChI is InChI=1S/C12H15N3O/c1-15-9-11(8-14-15)16-12(7-13)10-5-3-2-4-6-10/h2-6,8-9,12H,7,13H2,1H3. The Morgan fingerprint density at radius 3 is 2.69 bits per heavy atom. The largest absolute Gasteiger partial charge is 0.481 e. The van der Waals surface area contributed by atoms with Gasteiger partial charge in [0.25, 0.3) is 0 Å². The normalized spacial score (nSPS) is 12.4. The Balaban J connectivity index is 2.12. The second-order valence-corrected chi connectivity index (χ2v) is 3.60. The second kappa shape index (κ2) is 4.81. The van der Waals surface area contributed by atoms with Gasteiger partial charge >= 0.3 is 0 Å². The fraction of sp³-hybridized carbons (Fsp3) is 0.250. The molecular formula is C12H15N3O. The topological polar surface area (TPSA) is 53.1 Å². The van der Waals surface area contributed by atoms with Crippen LogP contribution in [0.1, 0.15) is 11.7 Å². The molecule has 0 aliphatic rings. The molecule has 4 nitrogen and oxygen atoms in total. The molecule has 1 unspecified atom stereocenters. The highest BCUT2D eigenvalue weighted by Gasteiger charge is 2.11. The molecule has 0 aliphatic carbocycles. The minimum atomic E-state index is -0.120. The molecule has 1 aromatic carbocycles. The first-order chi connectivity index (χ1) is 7.79. The third-order valence-corrected chi connectivity index (χ3v) is 2.34. The monoisotopic (exact) mass is 217 g/mol. The minimum Gasteiger partial charge on any atom is -0.481 e. The zero-order valence-corrected chi connectivity index (χ0v) is 9.21. The third-order valence-electron chi connectivity index (χ3n) is 2.34. The van der Waals surface area contributed by atoms with E-state index >= 15 is 0 Å². The van der Waals surface area contributed by atoms with E-state index in [-0.39, 0.29) is 6.10 Å². The number of ether oxygens (including phenoxy) is 1. The Labute approximate surface area is 94.6 Å². The van der Waals surface area contributed by atoms with Crippen molar-refractivity contribution in [3.63, 3.8) is 0 Å². The van der Waals surface area contributed by atoms with Crippen LogP contribution >= 0.6 is 0 Å². The predicted octanol–water partition coefficient (Wildman–Crippen LogP) is 1.50. The number of nitrogens with two attached hydrogens (primary N) is 1. The lowest BCUT2D eigenvalue weighted by molar-refractivity contribution is 0.214. The Morgan fingerprint density at radius 1 is 1.38 bits per heavy atom. The molecule has 0 amide bonds. The van der Waals surface area contributed by atoms with Crippen molar-refractivity contribution < 1.29 is 4.74 Å². The van der Waals surface area contributed by atoms with Crippen LogP contribution in [0.3, 0.4) is 0 Å². The molecule has 0 fully saturated rings. The Hall–Kier alpha value is -1.81. The first kappa shape index (κ1) is 10.7. The van der Waals surface area contributed by atoms with Crippen LogP contribution in [0.2, 0.25) is 0 Å². The molecule has 2 rings (SSSR count). The Bertz CT molecular complexity index is 439. The fourth-order valence-corrected chi connectivity index (χ4v) is 1.54. The summed E-state index contributed by atoms with van der Waals surface area (Å²) in [4.78, 5) is 0. The van der Waals surface area contributed by atoms with E-state index in [1.807, 2.05) is 43.6 Å². The average Bonchev–Trinajstić information content (AvgIpc) is 2.73. The van der Waals surface area contributed by atoms with Gasteiger partial charge in [-0.05, 0) is 5.56 Å². The molecule has 0 radical (unpaired) electrons. The molecule has 84 valence electrons. The lowest BCUT2D eigenvalue weighted by Crippen LogP contribution is -2.18. The molecule has 1 heterocycles. The molecule has 2 aromatic rings. The molecule has 1 atom stereocenters. The van der Waals surface area contributed by atoms with Crippen LogP contribution in [0.15, 0.2) is 42.7 Å². The van der Waals surface area contributed by atoms with Gasteiger partial charge in [-0.15, -0.1) is 0 Å². The van der Waals surface area contributed by atoms with Crippen molar-refractivity contribution in [2.45, 2.75) is 6.10 Å². The molecule has 1 aromatic heterocycles. The zero-order valence-electron chi connectivity index (χ0n) is 9.21. The first-order valence-corrected chi connectivity index (χ1v) is 5.20. The average molecular weight is 217 g/mol. The molecule has 2 N–H and O–H groups in total. The summed E-state index contributed by atoms with van der Waals surface area (Å²) in [5.74, 6) is 0.738. The van der Waals surface area contributed by atoms with Crippen LogP contribution in [0.4, 0.5) is 0 Å². The van der Waals surface area contributed by atoms with E-state index < -0.39 is 0 Å². The quantitative estimate of drug-likeness (QED) is 0.844. The molecule has 0 aliphatic heterocycles. The second-order valence-electron chi connectivity index (χ2n) is 3.60. The maximum absolute atomic E-state index is 5.76. The number of hydrogen-bond donors (Lipinski definition) is 1. The zero-order chi connectivity index (χ0) is 11.4. The van der Waals surface area contributed by atoms with E-state index in [1.54, 1.807) is 10.9 Å². The van der Waals surface area contributed by atoms with Crippen molar-refractivity contribution in [1.29, 1.82) is 0 Å². The molecular weight excluding hydrogens is 202 g/mol. The van der Waals surface area contributed by atoms with E-state index in [2.05, 4.69) is 5.10 Å². The molecule has 0 bridgehead atoms. The van der Waals surface area contributed by atoms with Gasteiger partial charge in [0.2, 0.25) is 0 Å². The highest BCUT2D eigenvalue weighted by Crippen LogP contribution is 2.20. The fourth-order valence-electron chi connectivity index (χ4n) is 1.54. The van der Waals surface area contributed by atoms with Crippen LogP contribution in [0, 0.1) is 0 Å². The van der Waals surface area contributed by atoms with Gasteiger partial charge in [-0.25, -0.2) is 0 Å². The van der Waals surface area contributed by atoms with Gasteiger partial charge in [0.05, 0.1) is 12.4 Å². The Morgan fingerprint density at radius 2 is 2.12 bits per heavy atom. The lowest BCUT2D eigenvalue weighted by atomic mass is 10.1. The molecule has 0 saturated carbocycles. The van der Waals surface area contributed by atoms with Crippen molar-refractivity contribution in [2.24, 2.45) is 12.8 Å². The van der Waals surface area contributed by atoms with E-state index in [0.717, 1.165) is 11.3 Å². The number of aromatic nitrogens is 2. The van der Waals surface area contributed by atoms with Crippen LogP contribution < -0.4 is 10.5 Å².